The Bertz CT molecular complexity index is 408. The van der Waals surface area contributed by atoms with Crippen molar-refractivity contribution in [3.8, 4) is 5.88 Å². The SMILES string of the molecule is COCCOc1nc(C2CCCO2)nc(N)c1N. The second kappa shape index (κ2) is 5.83. The molecule has 100 valence electrons. The summed E-state index contributed by atoms with van der Waals surface area (Å²) in [7, 11) is 1.60. The van der Waals surface area contributed by atoms with Gasteiger partial charge >= 0.3 is 0 Å². The highest BCUT2D eigenvalue weighted by atomic mass is 16.5. The van der Waals surface area contributed by atoms with E-state index in [0.717, 1.165) is 19.4 Å². The number of nitrogens with two attached hydrogens (primary N) is 2. The van der Waals surface area contributed by atoms with Crippen LogP contribution in [0.15, 0.2) is 0 Å². The van der Waals surface area contributed by atoms with Gasteiger partial charge in [-0.3, -0.25) is 0 Å². The van der Waals surface area contributed by atoms with Crippen LogP contribution in [0.4, 0.5) is 11.5 Å². The van der Waals surface area contributed by atoms with E-state index in [4.69, 9.17) is 25.7 Å². The number of methoxy groups -OCH3 is 1. The molecule has 0 aromatic carbocycles. The van der Waals surface area contributed by atoms with Crippen LogP contribution in [0.25, 0.3) is 0 Å². The summed E-state index contributed by atoms with van der Waals surface area (Å²) in [6.45, 7) is 1.54. The van der Waals surface area contributed by atoms with Crippen LogP contribution < -0.4 is 16.2 Å². The summed E-state index contributed by atoms with van der Waals surface area (Å²) in [4.78, 5) is 8.42. The first-order valence-corrected chi connectivity index (χ1v) is 5.88. The molecule has 1 fully saturated rings. The van der Waals surface area contributed by atoms with Crippen LogP contribution in [-0.2, 0) is 9.47 Å². The lowest BCUT2D eigenvalue weighted by Crippen LogP contribution is -2.13. The molecule has 0 spiro atoms. The number of aromatic nitrogens is 2. The van der Waals surface area contributed by atoms with Gasteiger partial charge in [-0.05, 0) is 12.8 Å². The Morgan fingerprint density at radius 2 is 2.17 bits per heavy atom. The van der Waals surface area contributed by atoms with Crippen molar-refractivity contribution in [1.29, 1.82) is 0 Å². The molecule has 2 heterocycles. The maximum absolute atomic E-state index is 5.78. The van der Waals surface area contributed by atoms with Gasteiger partial charge < -0.3 is 25.7 Å². The van der Waals surface area contributed by atoms with Gasteiger partial charge in [0.1, 0.15) is 18.4 Å². The third-order valence-corrected chi connectivity index (χ3v) is 2.70. The van der Waals surface area contributed by atoms with E-state index in [9.17, 15) is 0 Å². The highest BCUT2D eigenvalue weighted by Gasteiger charge is 2.23. The first-order chi connectivity index (χ1) is 8.72. The molecule has 1 aliphatic rings. The molecule has 1 unspecified atom stereocenters. The molecule has 7 heteroatoms. The Balaban J connectivity index is 2.16. The van der Waals surface area contributed by atoms with Crippen molar-refractivity contribution in [3.05, 3.63) is 5.82 Å². The van der Waals surface area contributed by atoms with Gasteiger partial charge in [0.2, 0.25) is 5.88 Å². The van der Waals surface area contributed by atoms with Gasteiger partial charge in [-0.25, -0.2) is 4.98 Å². The average Bonchev–Trinajstić information content (AvgIpc) is 2.88. The number of rotatable bonds is 5. The molecule has 1 atom stereocenters. The summed E-state index contributed by atoms with van der Waals surface area (Å²) in [6.07, 6.45) is 1.77. The summed E-state index contributed by atoms with van der Waals surface area (Å²) in [5.74, 6) is 1.06. The van der Waals surface area contributed by atoms with Gasteiger partial charge in [-0.15, -0.1) is 0 Å². The number of nitrogens with zero attached hydrogens (tertiary/aromatic N) is 2. The molecule has 4 N–H and O–H groups in total. The molecule has 0 bridgehead atoms. The van der Waals surface area contributed by atoms with E-state index in [1.54, 1.807) is 7.11 Å². The molecule has 0 radical (unpaired) electrons. The number of nitrogen functional groups attached to an aromatic ring is 2. The molecule has 1 saturated heterocycles. The predicted octanol–water partition coefficient (Wildman–Crippen LogP) is 0.518. The third kappa shape index (κ3) is 2.80. The van der Waals surface area contributed by atoms with E-state index in [1.807, 2.05) is 0 Å². The van der Waals surface area contributed by atoms with Crippen LogP contribution in [-0.4, -0.2) is 36.9 Å². The Morgan fingerprint density at radius 1 is 1.33 bits per heavy atom. The Labute approximate surface area is 105 Å². The zero-order chi connectivity index (χ0) is 13.0. The standard InChI is InChI=1S/C11H18N4O3/c1-16-5-6-18-11-8(12)9(13)14-10(15-11)7-3-2-4-17-7/h7H,2-6,12H2,1H3,(H2,13,14,15). The molecule has 18 heavy (non-hydrogen) atoms. The van der Waals surface area contributed by atoms with Gasteiger partial charge in [0.05, 0.1) is 6.61 Å². The largest absolute Gasteiger partial charge is 0.474 e. The fourth-order valence-corrected chi connectivity index (χ4v) is 1.74. The highest BCUT2D eigenvalue weighted by molar-refractivity contribution is 5.64. The van der Waals surface area contributed by atoms with Crippen LogP contribution >= 0.6 is 0 Å². The third-order valence-electron chi connectivity index (χ3n) is 2.70. The smallest absolute Gasteiger partial charge is 0.243 e. The van der Waals surface area contributed by atoms with Crippen LogP contribution in [0.1, 0.15) is 24.8 Å². The van der Waals surface area contributed by atoms with Crippen LogP contribution in [0.2, 0.25) is 0 Å². The van der Waals surface area contributed by atoms with Crippen molar-refractivity contribution in [3.63, 3.8) is 0 Å². The zero-order valence-corrected chi connectivity index (χ0v) is 10.4. The van der Waals surface area contributed by atoms with E-state index in [0.29, 0.717) is 24.9 Å². The minimum atomic E-state index is -0.113. The van der Waals surface area contributed by atoms with E-state index < -0.39 is 0 Å². The Morgan fingerprint density at radius 3 is 2.83 bits per heavy atom. The van der Waals surface area contributed by atoms with Gasteiger partial charge in [0, 0.05) is 13.7 Å². The van der Waals surface area contributed by atoms with Gasteiger partial charge in [0.15, 0.2) is 11.6 Å². The molecule has 2 rings (SSSR count). The maximum atomic E-state index is 5.78. The van der Waals surface area contributed by atoms with Crippen molar-refractivity contribution < 1.29 is 14.2 Å². The van der Waals surface area contributed by atoms with Gasteiger partial charge in [-0.1, -0.05) is 0 Å². The number of hydrogen-bond acceptors (Lipinski definition) is 7. The number of ether oxygens (including phenoxy) is 3. The second-order valence-electron chi connectivity index (χ2n) is 4.03. The molecule has 1 aromatic heterocycles. The van der Waals surface area contributed by atoms with E-state index in [2.05, 4.69) is 9.97 Å². The Hall–Kier alpha value is -1.60. The first kappa shape index (κ1) is 12.8. The maximum Gasteiger partial charge on any atom is 0.243 e. The molecule has 1 aromatic rings. The lowest BCUT2D eigenvalue weighted by molar-refractivity contribution is 0.103. The van der Waals surface area contributed by atoms with Crippen LogP contribution in [0.5, 0.6) is 5.88 Å². The summed E-state index contributed by atoms with van der Waals surface area (Å²) >= 11 is 0. The summed E-state index contributed by atoms with van der Waals surface area (Å²) in [5.41, 5.74) is 11.8. The van der Waals surface area contributed by atoms with Crippen molar-refractivity contribution >= 4 is 11.5 Å². The average molecular weight is 254 g/mol. The zero-order valence-electron chi connectivity index (χ0n) is 10.4. The van der Waals surface area contributed by atoms with Crippen LogP contribution in [0, 0.1) is 0 Å². The molecule has 1 aliphatic heterocycles. The fourth-order valence-electron chi connectivity index (χ4n) is 1.74. The summed E-state index contributed by atoms with van der Waals surface area (Å²) < 4.78 is 15.8. The molecule has 7 nitrogen and oxygen atoms in total. The van der Waals surface area contributed by atoms with E-state index in [1.165, 1.54) is 0 Å². The summed E-state index contributed by atoms with van der Waals surface area (Å²) in [6, 6.07) is 0. The van der Waals surface area contributed by atoms with Crippen LogP contribution in [0.3, 0.4) is 0 Å². The van der Waals surface area contributed by atoms with Crippen molar-refractivity contribution in [1.82, 2.24) is 9.97 Å². The topological polar surface area (TPSA) is 106 Å². The van der Waals surface area contributed by atoms with Crippen molar-refractivity contribution in [2.45, 2.75) is 18.9 Å². The van der Waals surface area contributed by atoms with Gasteiger partial charge in [-0.2, -0.15) is 4.98 Å². The number of anilines is 2. The minimum Gasteiger partial charge on any atom is -0.474 e. The highest BCUT2D eigenvalue weighted by Crippen LogP contribution is 2.31. The normalized spacial score (nSPS) is 19.1. The predicted molar refractivity (Wildman–Crippen MR) is 66.2 cm³/mol. The molecule has 0 amide bonds. The minimum absolute atomic E-state index is 0.113. The molecular formula is C11H18N4O3. The number of hydrogen-bond donors (Lipinski definition) is 2. The van der Waals surface area contributed by atoms with Crippen molar-refractivity contribution in [2.75, 3.05) is 38.4 Å². The van der Waals surface area contributed by atoms with Gasteiger partial charge in [0.25, 0.3) is 0 Å². The lowest BCUT2D eigenvalue weighted by Gasteiger charge is -2.13. The van der Waals surface area contributed by atoms with Crippen molar-refractivity contribution in [2.24, 2.45) is 0 Å². The van der Waals surface area contributed by atoms with E-state index in [-0.39, 0.29) is 17.6 Å². The summed E-state index contributed by atoms with van der Waals surface area (Å²) in [5, 5.41) is 0. The lowest BCUT2D eigenvalue weighted by atomic mass is 10.2. The molecule has 0 aliphatic carbocycles. The Kier molecular flexibility index (Phi) is 4.16. The quantitative estimate of drug-likeness (QED) is 0.738. The van der Waals surface area contributed by atoms with E-state index >= 15 is 0 Å². The molecular weight excluding hydrogens is 236 g/mol. The second-order valence-corrected chi connectivity index (χ2v) is 4.03. The first-order valence-electron chi connectivity index (χ1n) is 5.88. The monoisotopic (exact) mass is 254 g/mol. The fraction of sp³-hybridized carbons (Fsp3) is 0.636. The molecule has 0 saturated carbocycles.